The van der Waals surface area contributed by atoms with Crippen molar-refractivity contribution in [3.63, 3.8) is 0 Å². The summed E-state index contributed by atoms with van der Waals surface area (Å²) in [5, 5.41) is 0. The Balaban J connectivity index is 2.07. The highest BCUT2D eigenvalue weighted by Gasteiger charge is 2.22. The lowest BCUT2D eigenvalue weighted by Crippen LogP contribution is -2.35. The fourth-order valence-corrected chi connectivity index (χ4v) is 2.71. The molecule has 1 amide bonds. The third kappa shape index (κ3) is 4.39. The Kier molecular flexibility index (Phi) is 5.88. The number of nitrogens with zero attached hydrogens (tertiary/aromatic N) is 1. The minimum Gasteiger partial charge on any atom is -0.336 e. The Morgan fingerprint density at radius 1 is 1.09 bits per heavy atom. The van der Waals surface area contributed by atoms with Crippen LogP contribution in [0.3, 0.4) is 0 Å². The molecule has 0 spiro atoms. The summed E-state index contributed by atoms with van der Waals surface area (Å²) in [6.07, 6.45) is 0.253. The van der Waals surface area contributed by atoms with Gasteiger partial charge in [0.2, 0.25) is 5.91 Å². The molecule has 0 saturated heterocycles. The zero-order valence-corrected chi connectivity index (χ0v) is 13.6. The van der Waals surface area contributed by atoms with Gasteiger partial charge in [-0.05, 0) is 37.1 Å². The van der Waals surface area contributed by atoms with Crippen LogP contribution in [0.1, 0.15) is 43.5 Å². The van der Waals surface area contributed by atoms with E-state index in [1.165, 1.54) is 12.1 Å². The molecule has 122 valence electrons. The molecule has 2 N–H and O–H groups in total. The number of benzene rings is 2. The van der Waals surface area contributed by atoms with Crippen molar-refractivity contribution in [1.82, 2.24) is 4.90 Å². The molecule has 0 aliphatic rings. The molecule has 2 aromatic rings. The Bertz CT molecular complexity index is 628. The first-order valence-corrected chi connectivity index (χ1v) is 7.88. The van der Waals surface area contributed by atoms with Crippen LogP contribution in [0, 0.1) is 5.82 Å². The predicted molar refractivity (Wildman–Crippen MR) is 90.2 cm³/mol. The molecular weight excluding hydrogens is 291 g/mol. The van der Waals surface area contributed by atoms with Crippen LogP contribution in [-0.2, 0) is 4.79 Å². The summed E-state index contributed by atoms with van der Waals surface area (Å²) in [7, 11) is 0. The maximum absolute atomic E-state index is 13.1. The maximum atomic E-state index is 13.1. The van der Waals surface area contributed by atoms with Crippen LogP contribution in [-0.4, -0.2) is 17.4 Å². The molecule has 3 nitrogen and oxygen atoms in total. The molecule has 0 fully saturated rings. The van der Waals surface area contributed by atoms with Gasteiger partial charge >= 0.3 is 0 Å². The number of hydrogen-bond donors (Lipinski definition) is 1. The van der Waals surface area contributed by atoms with Crippen molar-refractivity contribution >= 4 is 5.91 Å². The Labute approximate surface area is 136 Å². The summed E-state index contributed by atoms with van der Waals surface area (Å²) in [5.41, 5.74) is 8.01. The molecule has 0 aliphatic carbocycles. The summed E-state index contributed by atoms with van der Waals surface area (Å²) in [6.45, 7) is 4.47. The topological polar surface area (TPSA) is 46.3 Å². The van der Waals surface area contributed by atoms with E-state index in [2.05, 4.69) is 0 Å². The number of carbonyl (C=O) groups excluding carboxylic acids is 1. The first-order chi connectivity index (χ1) is 11.0. The Morgan fingerprint density at radius 2 is 1.70 bits per heavy atom. The number of halogens is 1. The molecule has 23 heavy (non-hydrogen) atoms. The summed E-state index contributed by atoms with van der Waals surface area (Å²) in [5.74, 6) is -0.276. The second-order valence-electron chi connectivity index (χ2n) is 5.63. The predicted octanol–water partition coefficient (Wildman–Crippen LogP) is 3.83. The van der Waals surface area contributed by atoms with Crippen LogP contribution in [0.15, 0.2) is 54.6 Å². The Morgan fingerprint density at radius 3 is 2.26 bits per heavy atom. The van der Waals surface area contributed by atoms with Crippen molar-refractivity contribution in [2.75, 3.05) is 6.54 Å². The molecular formula is C19H23FN2O. The van der Waals surface area contributed by atoms with E-state index < -0.39 is 0 Å². The molecule has 2 atom stereocenters. The summed E-state index contributed by atoms with van der Waals surface area (Å²) in [6, 6.07) is 15.4. The second-order valence-corrected chi connectivity index (χ2v) is 5.63. The van der Waals surface area contributed by atoms with E-state index in [9.17, 15) is 9.18 Å². The number of rotatable bonds is 6. The van der Waals surface area contributed by atoms with E-state index in [4.69, 9.17) is 5.73 Å². The van der Waals surface area contributed by atoms with Crippen molar-refractivity contribution < 1.29 is 9.18 Å². The minimum atomic E-state index is -0.321. The highest BCUT2D eigenvalue weighted by molar-refractivity contribution is 5.77. The number of hydrogen-bond acceptors (Lipinski definition) is 2. The van der Waals surface area contributed by atoms with E-state index in [1.807, 2.05) is 44.2 Å². The molecule has 0 bridgehead atoms. The van der Waals surface area contributed by atoms with Crippen LogP contribution in [0.4, 0.5) is 4.39 Å². The van der Waals surface area contributed by atoms with E-state index in [1.54, 1.807) is 17.0 Å². The van der Waals surface area contributed by atoms with Gasteiger partial charge in [-0.1, -0.05) is 42.5 Å². The molecule has 0 aromatic heterocycles. The standard InChI is InChI=1S/C19H23FN2O/c1-3-22(14(2)15-9-11-17(20)12-10-15)19(23)13-18(21)16-7-5-4-6-8-16/h4-12,14,18H,3,13,21H2,1-2H3. The minimum absolute atomic E-state index is 0.000628. The van der Waals surface area contributed by atoms with Crippen LogP contribution in [0.5, 0.6) is 0 Å². The monoisotopic (exact) mass is 314 g/mol. The lowest BCUT2D eigenvalue weighted by atomic mass is 10.0. The van der Waals surface area contributed by atoms with E-state index in [0.29, 0.717) is 6.54 Å². The molecule has 0 saturated carbocycles. The highest BCUT2D eigenvalue weighted by atomic mass is 19.1. The Hall–Kier alpha value is -2.20. The van der Waals surface area contributed by atoms with Crippen molar-refractivity contribution in [3.8, 4) is 0 Å². The van der Waals surface area contributed by atoms with Gasteiger partial charge in [-0.3, -0.25) is 4.79 Å². The van der Waals surface area contributed by atoms with Crippen molar-refractivity contribution in [2.45, 2.75) is 32.4 Å². The maximum Gasteiger partial charge on any atom is 0.224 e. The van der Waals surface area contributed by atoms with Gasteiger partial charge in [0.15, 0.2) is 0 Å². The van der Waals surface area contributed by atoms with Crippen LogP contribution in [0.2, 0.25) is 0 Å². The molecule has 2 rings (SSSR count). The number of amides is 1. The average molecular weight is 314 g/mol. The normalized spacial score (nSPS) is 13.4. The molecule has 0 aliphatic heterocycles. The first kappa shape index (κ1) is 17.2. The van der Waals surface area contributed by atoms with Crippen molar-refractivity contribution in [2.24, 2.45) is 5.73 Å². The van der Waals surface area contributed by atoms with Gasteiger partial charge in [-0.25, -0.2) is 4.39 Å². The highest BCUT2D eigenvalue weighted by Crippen LogP contribution is 2.23. The largest absolute Gasteiger partial charge is 0.336 e. The molecule has 0 heterocycles. The van der Waals surface area contributed by atoms with Crippen LogP contribution >= 0.6 is 0 Å². The van der Waals surface area contributed by atoms with Crippen LogP contribution in [0.25, 0.3) is 0 Å². The fourth-order valence-electron chi connectivity index (χ4n) is 2.71. The summed E-state index contributed by atoms with van der Waals surface area (Å²) >= 11 is 0. The van der Waals surface area contributed by atoms with Crippen molar-refractivity contribution in [1.29, 1.82) is 0 Å². The van der Waals surface area contributed by atoms with Gasteiger partial charge in [-0.15, -0.1) is 0 Å². The third-order valence-electron chi connectivity index (χ3n) is 4.10. The SMILES string of the molecule is CCN(C(=O)CC(N)c1ccccc1)C(C)c1ccc(F)cc1. The second kappa shape index (κ2) is 7.88. The zero-order valence-electron chi connectivity index (χ0n) is 13.6. The van der Waals surface area contributed by atoms with Crippen LogP contribution < -0.4 is 5.73 Å². The van der Waals surface area contributed by atoms with Gasteiger partial charge in [0.1, 0.15) is 5.82 Å². The molecule has 0 radical (unpaired) electrons. The third-order valence-corrected chi connectivity index (χ3v) is 4.10. The fraction of sp³-hybridized carbons (Fsp3) is 0.316. The van der Waals surface area contributed by atoms with Gasteiger partial charge in [0.05, 0.1) is 6.04 Å². The number of nitrogens with two attached hydrogens (primary N) is 1. The van der Waals surface area contributed by atoms with E-state index in [0.717, 1.165) is 11.1 Å². The lowest BCUT2D eigenvalue weighted by Gasteiger charge is -2.29. The smallest absolute Gasteiger partial charge is 0.224 e. The van der Waals surface area contributed by atoms with E-state index >= 15 is 0 Å². The first-order valence-electron chi connectivity index (χ1n) is 7.88. The van der Waals surface area contributed by atoms with Gasteiger partial charge in [0, 0.05) is 19.0 Å². The molecule has 2 aromatic carbocycles. The molecule has 2 unspecified atom stereocenters. The van der Waals surface area contributed by atoms with E-state index in [-0.39, 0.29) is 30.2 Å². The van der Waals surface area contributed by atoms with Crippen molar-refractivity contribution in [3.05, 3.63) is 71.5 Å². The van der Waals surface area contributed by atoms with Gasteiger partial charge in [0.25, 0.3) is 0 Å². The summed E-state index contributed by atoms with van der Waals surface area (Å²) < 4.78 is 13.1. The average Bonchev–Trinajstić information content (AvgIpc) is 2.56. The lowest BCUT2D eigenvalue weighted by molar-refractivity contribution is -0.133. The van der Waals surface area contributed by atoms with Gasteiger partial charge < -0.3 is 10.6 Å². The molecule has 4 heteroatoms. The summed E-state index contributed by atoms with van der Waals surface area (Å²) in [4.78, 5) is 14.4. The number of carbonyl (C=O) groups is 1. The quantitative estimate of drug-likeness (QED) is 0.881. The van der Waals surface area contributed by atoms with Gasteiger partial charge in [-0.2, -0.15) is 0 Å². The zero-order chi connectivity index (χ0) is 16.8.